The first-order chi connectivity index (χ1) is 14.2. The van der Waals surface area contributed by atoms with Crippen molar-refractivity contribution in [2.75, 3.05) is 5.32 Å². The van der Waals surface area contributed by atoms with Crippen LogP contribution >= 0.6 is 0 Å². The van der Waals surface area contributed by atoms with Gasteiger partial charge < -0.3 is 5.32 Å². The lowest BCUT2D eigenvalue weighted by Crippen LogP contribution is -2.16. The van der Waals surface area contributed by atoms with E-state index >= 15 is 0 Å². The molecule has 4 heteroatoms. The molecule has 4 aromatic rings. The van der Waals surface area contributed by atoms with Crippen LogP contribution in [0.1, 0.15) is 48.0 Å². The van der Waals surface area contributed by atoms with E-state index in [0.29, 0.717) is 11.4 Å². The van der Waals surface area contributed by atoms with E-state index in [1.165, 1.54) is 11.1 Å². The van der Waals surface area contributed by atoms with Crippen LogP contribution in [-0.4, -0.2) is 15.3 Å². The summed E-state index contributed by atoms with van der Waals surface area (Å²) in [5.41, 5.74) is 7.21. The predicted octanol–water partition coefficient (Wildman–Crippen LogP) is 6.17. The molecule has 4 rings (SSSR count). The van der Waals surface area contributed by atoms with Crippen LogP contribution in [0.4, 0.5) is 5.69 Å². The van der Waals surface area contributed by atoms with E-state index in [1.54, 1.807) is 0 Å². The molecule has 4 nitrogen and oxygen atoms in total. The van der Waals surface area contributed by atoms with E-state index in [0.717, 1.165) is 22.5 Å². The summed E-state index contributed by atoms with van der Waals surface area (Å²) in [6.07, 6.45) is 1.96. The molecular weight excluding hydrogens is 370 g/mol. The standard InChI is InChI=1S/C26H27N3O/c1-17-6-9-19(10-7-17)23-24(29-16-18(2)8-15-22(29)28-23)25(30)27-21-13-11-20(12-14-21)26(3,4)5/h6-16H,1-5H3,(H,27,30). The van der Waals surface area contributed by atoms with E-state index in [1.807, 2.05) is 73.0 Å². The van der Waals surface area contributed by atoms with Crippen molar-refractivity contribution in [3.63, 3.8) is 0 Å². The number of nitrogens with one attached hydrogen (secondary N) is 1. The average Bonchev–Trinajstić information content (AvgIpc) is 3.07. The van der Waals surface area contributed by atoms with Crippen LogP contribution in [-0.2, 0) is 5.41 Å². The van der Waals surface area contributed by atoms with Crippen molar-refractivity contribution < 1.29 is 4.79 Å². The summed E-state index contributed by atoms with van der Waals surface area (Å²) < 4.78 is 1.88. The van der Waals surface area contributed by atoms with Gasteiger partial charge in [-0.3, -0.25) is 9.20 Å². The Balaban J connectivity index is 1.76. The van der Waals surface area contributed by atoms with Gasteiger partial charge in [0.1, 0.15) is 17.0 Å². The summed E-state index contributed by atoms with van der Waals surface area (Å²) in [5.74, 6) is -0.174. The highest BCUT2D eigenvalue weighted by Crippen LogP contribution is 2.27. The monoisotopic (exact) mass is 397 g/mol. The Morgan fingerprint density at radius 3 is 2.13 bits per heavy atom. The smallest absolute Gasteiger partial charge is 0.274 e. The maximum Gasteiger partial charge on any atom is 0.274 e. The van der Waals surface area contributed by atoms with E-state index in [2.05, 4.69) is 38.2 Å². The molecule has 0 aliphatic heterocycles. The number of carbonyl (C=O) groups is 1. The highest BCUT2D eigenvalue weighted by molar-refractivity contribution is 6.07. The topological polar surface area (TPSA) is 46.4 Å². The van der Waals surface area contributed by atoms with Gasteiger partial charge in [-0.25, -0.2) is 4.98 Å². The highest BCUT2D eigenvalue weighted by atomic mass is 16.2. The Morgan fingerprint density at radius 1 is 0.867 bits per heavy atom. The molecule has 2 aromatic heterocycles. The average molecular weight is 398 g/mol. The van der Waals surface area contributed by atoms with Crippen LogP contribution in [0, 0.1) is 13.8 Å². The molecule has 0 spiro atoms. The predicted molar refractivity (Wildman–Crippen MR) is 123 cm³/mol. The summed E-state index contributed by atoms with van der Waals surface area (Å²) in [4.78, 5) is 18.1. The normalized spacial score (nSPS) is 11.6. The number of benzene rings is 2. The number of imidazole rings is 1. The molecule has 30 heavy (non-hydrogen) atoms. The summed E-state index contributed by atoms with van der Waals surface area (Å²) >= 11 is 0. The van der Waals surface area contributed by atoms with E-state index < -0.39 is 0 Å². The Bertz CT molecular complexity index is 1210. The quantitative estimate of drug-likeness (QED) is 0.449. The number of hydrogen-bond donors (Lipinski definition) is 1. The van der Waals surface area contributed by atoms with Crippen molar-refractivity contribution in [1.82, 2.24) is 9.38 Å². The van der Waals surface area contributed by atoms with Crippen LogP contribution in [0.3, 0.4) is 0 Å². The van der Waals surface area contributed by atoms with Crippen molar-refractivity contribution in [1.29, 1.82) is 0 Å². The molecule has 2 heterocycles. The van der Waals surface area contributed by atoms with Gasteiger partial charge in [-0.2, -0.15) is 0 Å². The minimum atomic E-state index is -0.174. The SMILES string of the molecule is Cc1ccc(-c2nc3ccc(C)cn3c2C(=O)Nc2ccc(C(C)(C)C)cc2)cc1. The van der Waals surface area contributed by atoms with Crippen molar-refractivity contribution in [3.8, 4) is 11.3 Å². The number of anilines is 1. The largest absolute Gasteiger partial charge is 0.321 e. The first kappa shape index (κ1) is 19.9. The Kier molecular flexibility index (Phi) is 4.94. The third-order valence-electron chi connectivity index (χ3n) is 5.32. The van der Waals surface area contributed by atoms with Gasteiger partial charge in [0.15, 0.2) is 0 Å². The zero-order valence-corrected chi connectivity index (χ0v) is 18.2. The Morgan fingerprint density at radius 2 is 1.50 bits per heavy atom. The van der Waals surface area contributed by atoms with Gasteiger partial charge >= 0.3 is 0 Å². The van der Waals surface area contributed by atoms with Crippen LogP contribution in [0.25, 0.3) is 16.9 Å². The lowest BCUT2D eigenvalue weighted by atomic mass is 9.87. The highest BCUT2D eigenvalue weighted by Gasteiger charge is 2.21. The fraction of sp³-hybridized carbons (Fsp3) is 0.231. The Labute approximate surface area is 177 Å². The first-order valence-electron chi connectivity index (χ1n) is 10.2. The number of hydrogen-bond acceptors (Lipinski definition) is 2. The maximum absolute atomic E-state index is 13.4. The lowest BCUT2D eigenvalue weighted by molar-refractivity contribution is 0.102. The molecule has 1 amide bonds. The minimum Gasteiger partial charge on any atom is -0.321 e. The third kappa shape index (κ3) is 3.86. The van der Waals surface area contributed by atoms with E-state index in [9.17, 15) is 4.79 Å². The van der Waals surface area contributed by atoms with Gasteiger partial charge in [-0.05, 0) is 48.6 Å². The molecule has 0 bridgehead atoms. The number of fused-ring (bicyclic) bond motifs is 1. The van der Waals surface area contributed by atoms with Crippen LogP contribution in [0.5, 0.6) is 0 Å². The van der Waals surface area contributed by atoms with E-state index in [-0.39, 0.29) is 11.3 Å². The van der Waals surface area contributed by atoms with Crippen molar-refractivity contribution in [2.24, 2.45) is 0 Å². The number of rotatable bonds is 3. The zero-order valence-electron chi connectivity index (χ0n) is 18.2. The van der Waals surface area contributed by atoms with Gasteiger partial charge in [0.05, 0.1) is 0 Å². The van der Waals surface area contributed by atoms with Gasteiger partial charge in [0, 0.05) is 17.4 Å². The molecule has 0 radical (unpaired) electrons. The van der Waals surface area contributed by atoms with Gasteiger partial charge in [-0.1, -0.05) is 68.8 Å². The molecule has 0 saturated heterocycles. The summed E-state index contributed by atoms with van der Waals surface area (Å²) in [7, 11) is 0. The number of nitrogens with zero attached hydrogens (tertiary/aromatic N) is 2. The zero-order chi connectivity index (χ0) is 21.5. The fourth-order valence-electron chi connectivity index (χ4n) is 3.52. The van der Waals surface area contributed by atoms with Gasteiger partial charge in [-0.15, -0.1) is 0 Å². The number of pyridine rings is 1. The fourth-order valence-corrected chi connectivity index (χ4v) is 3.52. The first-order valence-corrected chi connectivity index (χ1v) is 10.2. The molecule has 0 unspecified atom stereocenters. The molecule has 0 aliphatic carbocycles. The second kappa shape index (κ2) is 7.45. The van der Waals surface area contributed by atoms with Crippen LogP contribution < -0.4 is 5.32 Å². The molecule has 0 aliphatic rings. The third-order valence-corrected chi connectivity index (χ3v) is 5.32. The van der Waals surface area contributed by atoms with Crippen molar-refractivity contribution in [2.45, 2.75) is 40.0 Å². The summed E-state index contributed by atoms with van der Waals surface area (Å²) in [6, 6.07) is 20.1. The second-order valence-corrected chi connectivity index (χ2v) is 8.89. The molecule has 0 fully saturated rings. The minimum absolute atomic E-state index is 0.0698. The molecule has 0 atom stereocenters. The molecule has 152 valence electrons. The Hall–Kier alpha value is -3.40. The van der Waals surface area contributed by atoms with Crippen molar-refractivity contribution >= 4 is 17.2 Å². The van der Waals surface area contributed by atoms with Crippen LogP contribution in [0.15, 0.2) is 66.9 Å². The molecule has 2 aromatic carbocycles. The van der Waals surface area contributed by atoms with E-state index in [4.69, 9.17) is 4.98 Å². The van der Waals surface area contributed by atoms with Crippen molar-refractivity contribution in [3.05, 3.63) is 89.2 Å². The summed E-state index contributed by atoms with van der Waals surface area (Å²) in [6.45, 7) is 10.6. The summed E-state index contributed by atoms with van der Waals surface area (Å²) in [5, 5.41) is 3.06. The van der Waals surface area contributed by atoms with Gasteiger partial charge in [0.25, 0.3) is 5.91 Å². The maximum atomic E-state index is 13.4. The number of aryl methyl sites for hydroxylation is 2. The molecule has 1 N–H and O–H groups in total. The van der Waals surface area contributed by atoms with Gasteiger partial charge in [0.2, 0.25) is 0 Å². The number of carbonyl (C=O) groups excluding carboxylic acids is 1. The molecule has 0 saturated carbocycles. The number of amides is 1. The number of aromatic nitrogens is 2. The van der Waals surface area contributed by atoms with Crippen LogP contribution in [0.2, 0.25) is 0 Å². The molecular formula is C26H27N3O. The lowest BCUT2D eigenvalue weighted by Gasteiger charge is -2.19. The second-order valence-electron chi connectivity index (χ2n) is 8.89.